The van der Waals surface area contributed by atoms with E-state index in [0.29, 0.717) is 6.92 Å². The van der Waals surface area contributed by atoms with Crippen molar-refractivity contribution in [2.75, 3.05) is 5.32 Å². The summed E-state index contributed by atoms with van der Waals surface area (Å²) in [5.74, 6) is -0.0416. The van der Waals surface area contributed by atoms with Crippen molar-refractivity contribution in [2.45, 2.75) is 13.0 Å². The third-order valence-corrected chi connectivity index (χ3v) is 4.85. The molecule has 2 heterocycles. The van der Waals surface area contributed by atoms with Gasteiger partial charge in [-0.2, -0.15) is 13.5 Å². The van der Waals surface area contributed by atoms with E-state index in [2.05, 4.69) is 15.2 Å². The monoisotopic (exact) mass is 469 g/mol. The van der Waals surface area contributed by atoms with Crippen molar-refractivity contribution < 1.29 is 18.4 Å². The molecule has 0 amide bonds. The molecule has 1 N–H and O–H groups in total. The summed E-state index contributed by atoms with van der Waals surface area (Å²) in [6, 6.07) is 12.0. The zero-order valence-corrected chi connectivity index (χ0v) is 17.9. The highest BCUT2D eigenvalue weighted by Gasteiger charge is 2.23. The molecule has 0 aliphatic heterocycles. The van der Waals surface area contributed by atoms with Crippen LogP contribution in [-0.4, -0.2) is 25.4 Å². The molecule has 10 nitrogen and oxygen atoms in total. The molecule has 0 radical (unpaired) electrons. The molecule has 34 heavy (non-hydrogen) atoms. The maximum absolute atomic E-state index is 13.2. The number of halogens is 2. The molecular formula is C22H17F2N5O5. The number of ether oxygens (including phenoxy) is 1. The van der Waals surface area contributed by atoms with Gasteiger partial charge in [-0.3, -0.25) is 19.7 Å². The SMILES string of the molecule is Cn1cccc(Nc2nn(-c3ccc(OC(C)(F)F)cc3)c(=O)c3cc([N+](=O)[O-])ccc23)c1=O. The van der Waals surface area contributed by atoms with Crippen LogP contribution in [0.3, 0.4) is 0 Å². The lowest BCUT2D eigenvalue weighted by Crippen LogP contribution is -2.24. The van der Waals surface area contributed by atoms with Gasteiger partial charge >= 0.3 is 6.11 Å². The Bertz CT molecular complexity index is 1520. The predicted octanol–water partition coefficient (Wildman–Crippen LogP) is 3.73. The second-order valence-corrected chi connectivity index (χ2v) is 7.42. The first-order valence-electron chi connectivity index (χ1n) is 9.85. The van der Waals surface area contributed by atoms with Gasteiger partial charge in [0.15, 0.2) is 5.82 Å². The molecule has 0 atom stereocenters. The van der Waals surface area contributed by atoms with E-state index in [1.54, 1.807) is 19.3 Å². The summed E-state index contributed by atoms with van der Waals surface area (Å²) in [6.45, 7) is 0.592. The van der Waals surface area contributed by atoms with Crippen LogP contribution < -0.4 is 21.2 Å². The standard InChI is InChI=1S/C22H17F2N5O5/c1-22(23,24)34-15-8-5-13(6-9-15)28-20(30)17-12-14(29(32)33)7-10-16(17)19(26-28)25-18-4-3-11-27(2)21(18)31/h3-12H,1-2H3,(H,25,26). The number of non-ortho nitro benzene ring substituents is 1. The van der Waals surface area contributed by atoms with Crippen LogP contribution in [0.5, 0.6) is 5.75 Å². The highest BCUT2D eigenvalue weighted by molar-refractivity contribution is 5.94. The Kier molecular flexibility index (Phi) is 5.57. The molecule has 0 unspecified atom stereocenters. The van der Waals surface area contributed by atoms with Gasteiger partial charge in [0, 0.05) is 37.7 Å². The number of aryl methyl sites for hydroxylation is 1. The highest BCUT2D eigenvalue weighted by Crippen LogP contribution is 2.26. The van der Waals surface area contributed by atoms with Gasteiger partial charge in [0.05, 0.1) is 16.0 Å². The molecular weight excluding hydrogens is 452 g/mol. The summed E-state index contributed by atoms with van der Waals surface area (Å²) in [6.07, 6.45) is -1.83. The smallest absolute Gasteiger partial charge is 0.394 e. The molecule has 2 aromatic carbocycles. The lowest BCUT2D eigenvalue weighted by molar-refractivity contribution is -0.384. The number of nitrogens with zero attached hydrogens (tertiary/aromatic N) is 4. The van der Waals surface area contributed by atoms with Crippen molar-refractivity contribution in [3.63, 3.8) is 0 Å². The fraction of sp³-hybridized carbons (Fsp3) is 0.136. The summed E-state index contributed by atoms with van der Waals surface area (Å²) < 4.78 is 33.0. The van der Waals surface area contributed by atoms with Gasteiger partial charge in [0.25, 0.3) is 16.8 Å². The number of aromatic nitrogens is 3. The van der Waals surface area contributed by atoms with E-state index in [1.807, 2.05) is 0 Å². The van der Waals surface area contributed by atoms with E-state index in [-0.39, 0.29) is 45.0 Å². The molecule has 4 aromatic rings. The van der Waals surface area contributed by atoms with Crippen molar-refractivity contribution >= 4 is 28.0 Å². The van der Waals surface area contributed by atoms with Crippen LogP contribution in [0.15, 0.2) is 70.4 Å². The van der Waals surface area contributed by atoms with Gasteiger partial charge < -0.3 is 14.6 Å². The van der Waals surface area contributed by atoms with E-state index in [0.717, 1.165) is 10.7 Å². The molecule has 0 aliphatic rings. The Morgan fingerprint density at radius 3 is 2.41 bits per heavy atom. The average molecular weight is 469 g/mol. The third kappa shape index (κ3) is 4.46. The molecule has 174 valence electrons. The van der Waals surface area contributed by atoms with Crippen LogP contribution in [0.25, 0.3) is 16.5 Å². The maximum Gasteiger partial charge on any atom is 0.394 e. The Morgan fingerprint density at radius 1 is 1.06 bits per heavy atom. The number of benzene rings is 2. The van der Waals surface area contributed by atoms with Crippen LogP contribution in [-0.2, 0) is 7.05 Å². The largest absolute Gasteiger partial charge is 0.433 e. The van der Waals surface area contributed by atoms with E-state index < -0.39 is 16.6 Å². The summed E-state index contributed by atoms with van der Waals surface area (Å²) in [5.41, 5.74) is -0.998. The lowest BCUT2D eigenvalue weighted by atomic mass is 10.1. The number of nitro groups is 1. The first kappa shape index (κ1) is 22.6. The topological polar surface area (TPSA) is 121 Å². The highest BCUT2D eigenvalue weighted by atomic mass is 19.3. The zero-order valence-electron chi connectivity index (χ0n) is 17.9. The zero-order chi connectivity index (χ0) is 24.6. The molecule has 0 bridgehead atoms. The Morgan fingerprint density at radius 2 is 1.76 bits per heavy atom. The lowest BCUT2D eigenvalue weighted by Gasteiger charge is -2.15. The quantitative estimate of drug-likeness (QED) is 0.337. The van der Waals surface area contributed by atoms with Gasteiger partial charge in [0.1, 0.15) is 11.4 Å². The number of nitrogens with one attached hydrogen (secondary N) is 1. The van der Waals surface area contributed by atoms with Crippen LogP contribution in [0, 0.1) is 10.1 Å². The number of hydrogen-bond acceptors (Lipinski definition) is 7. The molecule has 0 fully saturated rings. The van der Waals surface area contributed by atoms with Gasteiger partial charge in [0.2, 0.25) is 0 Å². The summed E-state index contributed by atoms with van der Waals surface area (Å²) >= 11 is 0. The van der Waals surface area contributed by atoms with Crippen LogP contribution in [0.4, 0.5) is 26.0 Å². The number of fused-ring (bicyclic) bond motifs is 1. The third-order valence-electron chi connectivity index (χ3n) is 4.85. The first-order valence-corrected chi connectivity index (χ1v) is 9.85. The van der Waals surface area contributed by atoms with Crippen LogP contribution in [0.1, 0.15) is 6.92 Å². The molecule has 0 spiro atoms. The summed E-state index contributed by atoms with van der Waals surface area (Å²) in [4.78, 5) is 36.3. The second-order valence-electron chi connectivity index (χ2n) is 7.42. The van der Waals surface area contributed by atoms with Crippen molar-refractivity contribution in [1.82, 2.24) is 14.3 Å². The van der Waals surface area contributed by atoms with Gasteiger partial charge in [-0.1, -0.05) is 0 Å². The van der Waals surface area contributed by atoms with E-state index in [9.17, 15) is 28.5 Å². The molecule has 0 aliphatic carbocycles. The Labute approximate surface area is 189 Å². The predicted molar refractivity (Wildman–Crippen MR) is 120 cm³/mol. The number of rotatable bonds is 6. The van der Waals surface area contributed by atoms with Crippen LogP contribution >= 0.6 is 0 Å². The number of alkyl halides is 2. The van der Waals surface area contributed by atoms with Crippen molar-refractivity contribution in [2.24, 2.45) is 7.05 Å². The molecule has 0 saturated carbocycles. The normalized spacial score (nSPS) is 11.4. The van der Waals surface area contributed by atoms with E-state index in [4.69, 9.17) is 0 Å². The average Bonchev–Trinajstić information content (AvgIpc) is 2.78. The van der Waals surface area contributed by atoms with Gasteiger partial charge in [-0.25, -0.2) is 0 Å². The molecule has 0 saturated heterocycles. The minimum atomic E-state index is -3.39. The first-order chi connectivity index (χ1) is 16.0. The van der Waals surface area contributed by atoms with Crippen molar-refractivity contribution in [3.05, 3.63) is 91.6 Å². The number of hydrogen-bond donors (Lipinski definition) is 1. The number of anilines is 2. The Hall–Kier alpha value is -4.61. The minimum absolute atomic E-state index is 0.0279. The molecule has 4 rings (SSSR count). The fourth-order valence-electron chi connectivity index (χ4n) is 3.29. The Balaban J connectivity index is 1.90. The fourth-order valence-corrected chi connectivity index (χ4v) is 3.29. The second kappa shape index (κ2) is 8.39. The summed E-state index contributed by atoms with van der Waals surface area (Å²) in [7, 11) is 1.56. The minimum Gasteiger partial charge on any atom is -0.433 e. The van der Waals surface area contributed by atoms with E-state index >= 15 is 0 Å². The van der Waals surface area contributed by atoms with Crippen molar-refractivity contribution in [1.29, 1.82) is 0 Å². The number of pyridine rings is 1. The van der Waals surface area contributed by atoms with E-state index in [1.165, 1.54) is 47.0 Å². The van der Waals surface area contributed by atoms with Crippen molar-refractivity contribution in [3.8, 4) is 11.4 Å². The summed E-state index contributed by atoms with van der Waals surface area (Å²) in [5, 5.41) is 18.7. The van der Waals surface area contributed by atoms with Crippen LogP contribution in [0.2, 0.25) is 0 Å². The van der Waals surface area contributed by atoms with Gasteiger partial charge in [-0.05, 0) is 42.5 Å². The maximum atomic E-state index is 13.2. The number of nitro benzene ring substituents is 1. The van der Waals surface area contributed by atoms with Gasteiger partial charge in [-0.15, -0.1) is 5.10 Å². The molecule has 2 aromatic heterocycles. The molecule has 12 heteroatoms.